The summed E-state index contributed by atoms with van der Waals surface area (Å²) < 4.78 is 0. The summed E-state index contributed by atoms with van der Waals surface area (Å²) in [5.41, 5.74) is 5.34. The molecule has 4 heteroatoms. The highest BCUT2D eigenvalue weighted by Gasteiger charge is 2.58. The number of hydrogen-bond donors (Lipinski definition) is 2. The van der Waals surface area contributed by atoms with Gasteiger partial charge < -0.3 is 10.3 Å². The lowest BCUT2D eigenvalue weighted by atomic mass is 9.88. The van der Waals surface area contributed by atoms with Crippen molar-refractivity contribution in [2.24, 2.45) is 11.3 Å². The minimum absolute atomic E-state index is 0.194. The SMILES string of the molecule is O=C(NCCC(c1ccccc1)c1ccccc1)[C@H]1CC12CCN(Cc1cc3ccccc3[nH]1)CC2. The molecule has 0 unspecified atom stereocenters. The number of carbonyl (C=O) groups excluding carboxylic acids is 1. The second-order valence-corrected chi connectivity index (χ2v) is 10.7. The quantitative estimate of drug-likeness (QED) is 0.322. The Morgan fingerprint density at radius 3 is 2.22 bits per heavy atom. The van der Waals surface area contributed by atoms with Gasteiger partial charge in [-0.1, -0.05) is 78.9 Å². The minimum atomic E-state index is 0.194. The zero-order valence-electron chi connectivity index (χ0n) is 20.8. The Morgan fingerprint density at radius 1 is 0.917 bits per heavy atom. The Morgan fingerprint density at radius 2 is 1.56 bits per heavy atom. The number of aromatic nitrogens is 1. The van der Waals surface area contributed by atoms with E-state index in [9.17, 15) is 4.79 Å². The Hall–Kier alpha value is -3.37. The second-order valence-electron chi connectivity index (χ2n) is 10.7. The summed E-state index contributed by atoms with van der Waals surface area (Å²) in [5.74, 6) is 0.757. The Balaban J connectivity index is 1.000. The molecule has 2 heterocycles. The monoisotopic (exact) mass is 477 g/mol. The van der Waals surface area contributed by atoms with E-state index in [0.717, 1.165) is 45.3 Å². The molecule has 36 heavy (non-hydrogen) atoms. The maximum absolute atomic E-state index is 13.1. The molecular weight excluding hydrogens is 442 g/mol. The fourth-order valence-electron chi connectivity index (χ4n) is 6.25. The first kappa shape index (κ1) is 23.1. The molecule has 4 nitrogen and oxygen atoms in total. The standard InChI is InChI=1S/C32H35N3O/c36-31(33-18-15-28(24-9-3-1-4-10-24)25-11-5-2-6-12-25)29-22-32(29)16-19-35(20-17-32)23-27-21-26-13-7-8-14-30(26)34-27/h1-14,21,28-29,34H,15-20,22-23H2,(H,33,36)/t29-/m1/s1. The predicted octanol–water partition coefficient (Wildman–Crippen LogP) is 6.11. The summed E-state index contributed by atoms with van der Waals surface area (Å²) >= 11 is 0. The van der Waals surface area contributed by atoms with E-state index in [-0.39, 0.29) is 17.2 Å². The lowest BCUT2D eigenvalue weighted by molar-refractivity contribution is -0.123. The second kappa shape index (κ2) is 9.94. The number of carbonyl (C=O) groups is 1. The number of H-pyrrole nitrogens is 1. The number of rotatable bonds is 8. The number of likely N-dealkylation sites (tertiary alicyclic amines) is 1. The van der Waals surface area contributed by atoms with Crippen molar-refractivity contribution in [3.63, 3.8) is 0 Å². The molecule has 1 atom stereocenters. The van der Waals surface area contributed by atoms with Crippen LogP contribution in [0.25, 0.3) is 10.9 Å². The molecule has 1 aliphatic carbocycles. The van der Waals surface area contributed by atoms with Crippen molar-refractivity contribution in [1.82, 2.24) is 15.2 Å². The molecule has 3 aromatic carbocycles. The van der Waals surface area contributed by atoms with Crippen molar-refractivity contribution in [3.05, 3.63) is 108 Å². The lowest BCUT2D eigenvalue weighted by Gasteiger charge is -2.32. The van der Waals surface area contributed by atoms with E-state index in [1.807, 2.05) is 0 Å². The van der Waals surface area contributed by atoms with Crippen LogP contribution in [0, 0.1) is 11.3 Å². The van der Waals surface area contributed by atoms with Crippen LogP contribution in [0.1, 0.15) is 48.4 Å². The van der Waals surface area contributed by atoms with Gasteiger partial charge in [0, 0.05) is 36.1 Å². The first-order valence-corrected chi connectivity index (χ1v) is 13.4. The average Bonchev–Trinajstić information content (AvgIpc) is 3.47. The fourth-order valence-corrected chi connectivity index (χ4v) is 6.25. The molecule has 4 aromatic rings. The summed E-state index contributed by atoms with van der Waals surface area (Å²) in [6.45, 7) is 3.82. The Kier molecular flexibility index (Phi) is 6.37. The third kappa shape index (κ3) is 4.83. The molecule has 0 bridgehead atoms. The highest BCUT2D eigenvalue weighted by Crippen LogP contribution is 2.59. The van der Waals surface area contributed by atoms with Crippen molar-refractivity contribution in [2.75, 3.05) is 19.6 Å². The molecule has 0 radical (unpaired) electrons. The summed E-state index contributed by atoms with van der Waals surface area (Å²) in [4.78, 5) is 19.2. The van der Waals surface area contributed by atoms with E-state index in [1.165, 1.54) is 27.7 Å². The maximum Gasteiger partial charge on any atom is 0.223 e. The normalized spacial score (nSPS) is 19.1. The molecule has 6 rings (SSSR count). The highest BCUT2D eigenvalue weighted by molar-refractivity contribution is 5.82. The van der Waals surface area contributed by atoms with Gasteiger partial charge in [-0.3, -0.25) is 9.69 Å². The first-order chi connectivity index (χ1) is 17.7. The van der Waals surface area contributed by atoms with Crippen molar-refractivity contribution in [1.29, 1.82) is 0 Å². The third-order valence-corrected chi connectivity index (χ3v) is 8.47. The van der Waals surface area contributed by atoms with Crippen molar-refractivity contribution in [2.45, 2.75) is 38.1 Å². The van der Waals surface area contributed by atoms with Gasteiger partial charge in [-0.15, -0.1) is 0 Å². The number of piperidine rings is 1. The topological polar surface area (TPSA) is 48.1 Å². The zero-order valence-corrected chi connectivity index (χ0v) is 20.8. The number of fused-ring (bicyclic) bond motifs is 1. The molecule has 1 saturated carbocycles. The Labute approximate surface area is 213 Å². The number of benzene rings is 3. The van der Waals surface area contributed by atoms with Crippen LogP contribution >= 0.6 is 0 Å². The van der Waals surface area contributed by atoms with Gasteiger partial charge in [0.15, 0.2) is 0 Å². The number of nitrogens with one attached hydrogen (secondary N) is 2. The highest BCUT2D eigenvalue weighted by atomic mass is 16.2. The van der Waals surface area contributed by atoms with Crippen LogP contribution in [0.3, 0.4) is 0 Å². The van der Waals surface area contributed by atoms with E-state index in [1.54, 1.807) is 0 Å². The van der Waals surface area contributed by atoms with Gasteiger partial charge in [-0.05, 0) is 72.8 Å². The third-order valence-electron chi connectivity index (χ3n) is 8.47. The molecule has 2 fully saturated rings. The van der Waals surface area contributed by atoms with Gasteiger partial charge in [0.1, 0.15) is 0 Å². The number of nitrogens with zero attached hydrogens (tertiary/aromatic N) is 1. The molecular formula is C32H35N3O. The molecule has 1 saturated heterocycles. The van der Waals surface area contributed by atoms with Crippen LogP contribution < -0.4 is 5.32 Å². The predicted molar refractivity (Wildman–Crippen MR) is 146 cm³/mol. The summed E-state index contributed by atoms with van der Waals surface area (Å²) in [7, 11) is 0. The minimum Gasteiger partial charge on any atom is -0.357 e. The van der Waals surface area contributed by atoms with E-state index in [4.69, 9.17) is 0 Å². The van der Waals surface area contributed by atoms with Crippen LogP contribution in [0.5, 0.6) is 0 Å². The van der Waals surface area contributed by atoms with Gasteiger partial charge in [-0.25, -0.2) is 0 Å². The van der Waals surface area contributed by atoms with Crippen LogP contribution in [-0.2, 0) is 11.3 Å². The number of hydrogen-bond acceptors (Lipinski definition) is 2. The van der Waals surface area contributed by atoms with Gasteiger partial charge in [-0.2, -0.15) is 0 Å². The number of para-hydroxylation sites is 1. The first-order valence-electron chi connectivity index (χ1n) is 13.4. The molecule has 2 aliphatic rings. The van der Waals surface area contributed by atoms with E-state index in [2.05, 4.69) is 106 Å². The fraction of sp³-hybridized carbons (Fsp3) is 0.344. The van der Waals surface area contributed by atoms with Crippen molar-refractivity contribution < 1.29 is 4.79 Å². The lowest BCUT2D eigenvalue weighted by Crippen LogP contribution is -2.37. The smallest absolute Gasteiger partial charge is 0.223 e. The van der Waals surface area contributed by atoms with Gasteiger partial charge in [0.2, 0.25) is 5.91 Å². The Bertz CT molecular complexity index is 1230. The van der Waals surface area contributed by atoms with Gasteiger partial charge >= 0.3 is 0 Å². The largest absolute Gasteiger partial charge is 0.357 e. The number of aromatic amines is 1. The summed E-state index contributed by atoms with van der Waals surface area (Å²) in [6.07, 6.45) is 4.22. The summed E-state index contributed by atoms with van der Waals surface area (Å²) in [5, 5.41) is 4.57. The van der Waals surface area contributed by atoms with Crippen LogP contribution in [0.15, 0.2) is 91.0 Å². The van der Waals surface area contributed by atoms with Gasteiger partial charge in [0.05, 0.1) is 0 Å². The molecule has 1 amide bonds. The molecule has 184 valence electrons. The zero-order chi connectivity index (χ0) is 24.4. The summed E-state index contributed by atoms with van der Waals surface area (Å²) in [6, 6.07) is 32.0. The molecule has 1 aliphatic heterocycles. The molecule has 2 N–H and O–H groups in total. The number of amides is 1. The average molecular weight is 478 g/mol. The van der Waals surface area contributed by atoms with E-state index in [0.29, 0.717) is 12.5 Å². The van der Waals surface area contributed by atoms with Gasteiger partial charge in [0.25, 0.3) is 0 Å². The van der Waals surface area contributed by atoms with Crippen LogP contribution in [-0.4, -0.2) is 35.4 Å². The van der Waals surface area contributed by atoms with E-state index >= 15 is 0 Å². The molecule has 1 aromatic heterocycles. The van der Waals surface area contributed by atoms with E-state index < -0.39 is 0 Å². The van der Waals surface area contributed by atoms with Crippen LogP contribution in [0.4, 0.5) is 0 Å². The molecule has 1 spiro atoms. The van der Waals surface area contributed by atoms with Crippen molar-refractivity contribution in [3.8, 4) is 0 Å². The van der Waals surface area contributed by atoms with Crippen molar-refractivity contribution >= 4 is 16.8 Å². The van der Waals surface area contributed by atoms with Crippen LogP contribution in [0.2, 0.25) is 0 Å². The maximum atomic E-state index is 13.1.